The third kappa shape index (κ3) is 4.91. The largest absolute Gasteiger partial charge is 0.314 e. The van der Waals surface area contributed by atoms with Gasteiger partial charge in [-0.2, -0.15) is 0 Å². The smallest absolute Gasteiger partial charge is 0.0189 e. The van der Waals surface area contributed by atoms with Gasteiger partial charge in [-0.25, -0.2) is 0 Å². The van der Waals surface area contributed by atoms with E-state index in [1.807, 2.05) is 0 Å². The Morgan fingerprint density at radius 1 is 0.929 bits per heavy atom. The van der Waals surface area contributed by atoms with Gasteiger partial charge >= 0.3 is 0 Å². The number of hydrogen-bond acceptors (Lipinski definition) is 4. The average molecular weight is 200 g/mol. The molecule has 2 rings (SSSR count). The van der Waals surface area contributed by atoms with Gasteiger partial charge in [0, 0.05) is 51.9 Å². The van der Waals surface area contributed by atoms with Crippen LogP contribution in [-0.4, -0.2) is 63.8 Å². The molecule has 0 aromatic carbocycles. The van der Waals surface area contributed by atoms with E-state index in [2.05, 4.69) is 34.8 Å². The minimum Gasteiger partial charge on any atom is -0.314 e. The Labute approximate surface area is 87.4 Å². The van der Waals surface area contributed by atoms with Crippen molar-refractivity contribution in [3.8, 4) is 0 Å². The van der Waals surface area contributed by atoms with Crippen LogP contribution < -0.4 is 16.0 Å². The molecule has 84 valence electrons. The molecule has 2 fully saturated rings. The van der Waals surface area contributed by atoms with Crippen LogP contribution in [0.5, 0.6) is 0 Å². The summed E-state index contributed by atoms with van der Waals surface area (Å²) in [5.74, 6) is 0. The first-order valence-corrected chi connectivity index (χ1v) is 5.63. The van der Waals surface area contributed by atoms with E-state index in [1.54, 1.807) is 0 Å². The van der Waals surface area contributed by atoms with Crippen LogP contribution in [0.15, 0.2) is 0 Å². The van der Waals surface area contributed by atoms with Gasteiger partial charge in [0.2, 0.25) is 0 Å². The summed E-state index contributed by atoms with van der Waals surface area (Å²) in [6.45, 7) is 10.3. The molecule has 4 nitrogen and oxygen atoms in total. The molecule has 0 aliphatic carbocycles. The number of likely N-dealkylation sites (N-methyl/N-ethyl adjacent to an activating group) is 1. The molecule has 0 saturated carbocycles. The van der Waals surface area contributed by atoms with Gasteiger partial charge in [0.25, 0.3) is 0 Å². The van der Waals surface area contributed by atoms with Crippen molar-refractivity contribution in [1.82, 2.24) is 20.9 Å². The summed E-state index contributed by atoms with van der Waals surface area (Å²) in [6, 6.07) is 0.726. The normalized spacial score (nSPS) is 29.1. The Morgan fingerprint density at radius 2 is 1.50 bits per heavy atom. The predicted molar refractivity (Wildman–Crippen MR) is 60.7 cm³/mol. The van der Waals surface area contributed by atoms with E-state index in [0.29, 0.717) is 0 Å². The van der Waals surface area contributed by atoms with E-state index in [0.717, 1.165) is 45.3 Å². The van der Waals surface area contributed by atoms with Gasteiger partial charge in [-0.15, -0.1) is 0 Å². The van der Waals surface area contributed by atoms with Crippen LogP contribution in [0.1, 0.15) is 6.92 Å². The molecule has 0 amide bonds. The van der Waals surface area contributed by atoms with Crippen LogP contribution in [0, 0.1) is 0 Å². The highest BCUT2D eigenvalue weighted by Crippen LogP contribution is 1.95. The van der Waals surface area contributed by atoms with Crippen molar-refractivity contribution in [2.75, 3.05) is 52.9 Å². The van der Waals surface area contributed by atoms with Crippen LogP contribution in [0.25, 0.3) is 0 Å². The van der Waals surface area contributed by atoms with Crippen LogP contribution >= 0.6 is 0 Å². The quantitative estimate of drug-likeness (QED) is 0.473. The zero-order valence-electron chi connectivity index (χ0n) is 9.47. The van der Waals surface area contributed by atoms with E-state index in [-0.39, 0.29) is 0 Å². The Balaban J connectivity index is 0.000000146. The number of rotatable bonds is 0. The monoisotopic (exact) mass is 200 g/mol. The summed E-state index contributed by atoms with van der Waals surface area (Å²) in [5.41, 5.74) is 0. The molecule has 0 bridgehead atoms. The molecule has 0 aromatic rings. The van der Waals surface area contributed by atoms with Crippen molar-refractivity contribution in [2.45, 2.75) is 13.0 Å². The highest BCUT2D eigenvalue weighted by atomic mass is 15.2. The lowest BCUT2D eigenvalue weighted by Gasteiger charge is -2.29. The zero-order chi connectivity index (χ0) is 10.2. The Hall–Kier alpha value is -0.160. The molecule has 0 radical (unpaired) electrons. The molecular weight excluding hydrogens is 176 g/mol. The highest BCUT2D eigenvalue weighted by Gasteiger charge is 2.11. The molecule has 14 heavy (non-hydrogen) atoms. The van der Waals surface area contributed by atoms with Crippen LogP contribution in [0.3, 0.4) is 0 Å². The first-order chi connectivity index (χ1) is 6.80. The lowest BCUT2D eigenvalue weighted by Crippen LogP contribution is -2.47. The summed E-state index contributed by atoms with van der Waals surface area (Å²) < 4.78 is 0. The number of piperazine rings is 2. The molecule has 0 spiro atoms. The Bertz CT molecular complexity index is 115. The van der Waals surface area contributed by atoms with Crippen molar-refractivity contribution in [3.05, 3.63) is 0 Å². The fourth-order valence-electron chi connectivity index (χ4n) is 1.55. The number of hydrogen-bond donors (Lipinski definition) is 3. The van der Waals surface area contributed by atoms with Gasteiger partial charge in [0.05, 0.1) is 0 Å². The van der Waals surface area contributed by atoms with E-state index in [4.69, 9.17) is 0 Å². The maximum Gasteiger partial charge on any atom is 0.0189 e. The van der Waals surface area contributed by atoms with Crippen molar-refractivity contribution in [1.29, 1.82) is 0 Å². The molecule has 3 N–H and O–H groups in total. The molecule has 2 aliphatic heterocycles. The van der Waals surface area contributed by atoms with Gasteiger partial charge < -0.3 is 20.9 Å². The molecule has 1 unspecified atom stereocenters. The highest BCUT2D eigenvalue weighted by molar-refractivity contribution is 4.71. The van der Waals surface area contributed by atoms with Crippen molar-refractivity contribution in [2.24, 2.45) is 0 Å². The zero-order valence-corrected chi connectivity index (χ0v) is 9.47. The molecule has 2 heterocycles. The standard InChI is InChI=1S/C6H14N2.C4H10N2/c1-6-5-7-3-4-8(6)2;1-2-6-4-3-5-1/h6-7H,3-5H2,1-2H3;5-6H,1-4H2. The third-order valence-corrected chi connectivity index (χ3v) is 2.79. The van der Waals surface area contributed by atoms with E-state index in [9.17, 15) is 0 Å². The summed E-state index contributed by atoms with van der Waals surface area (Å²) in [5, 5.41) is 9.77. The lowest BCUT2D eigenvalue weighted by molar-refractivity contribution is 0.215. The minimum atomic E-state index is 0.726. The Kier molecular flexibility index (Phi) is 6.10. The molecular formula is C10H24N4. The number of nitrogens with one attached hydrogen (secondary N) is 3. The Morgan fingerprint density at radius 3 is 1.79 bits per heavy atom. The van der Waals surface area contributed by atoms with Crippen molar-refractivity contribution < 1.29 is 0 Å². The summed E-state index contributed by atoms with van der Waals surface area (Å²) in [7, 11) is 2.17. The molecule has 4 heteroatoms. The molecule has 0 aromatic heterocycles. The van der Waals surface area contributed by atoms with Gasteiger partial charge in [-0.3, -0.25) is 0 Å². The molecule has 1 atom stereocenters. The van der Waals surface area contributed by atoms with Gasteiger partial charge in [-0.1, -0.05) is 0 Å². The second-order valence-corrected chi connectivity index (χ2v) is 4.03. The van der Waals surface area contributed by atoms with Crippen molar-refractivity contribution in [3.63, 3.8) is 0 Å². The maximum atomic E-state index is 3.32. The first kappa shape index (κ1) is 11.9. The fraction of sp³-hybridized carbons (Fsp3) is 1.00. The van der Waals surface area contributed by atoms with Crippen molar-refractivity contribution >= 4 is 0 Å². The van der Waals surface area contributed by atoms with E-state index in [1.165, 1.54) is 6.54 Å². The minimum absolute atomic E-state index is 0.726. The summed E-state index contributed by atoms with van der Waals surface area (Å²) in [4.78, 5) is 2.37. The molecule has 2 saturated heterocycles. The van der Waals surface area contributed by atoms with Crippen LogP contribution in [0.4, 0.5) is 0 Å². The summed E-state index contributed by atoms with van der Waals surface area (Å²) in [6.07, 6.45) is 0. The average Bonchev–Trinajstić information content (AvgIpc) is 2.26. The van der Waals surface area contributed by atoms with Crippen LogP contribution in [-0.2, 0) is 0 Å². The first-order valence-electron chi connectivity index (χ1n) is 5.63. The number of nitrogens with zero attached hydrogens (tertiary/aromatic N) is 1. The topological polar surface area (TPSA) is 39.3 Å². The SMILES string of the molecule is C1CNCCN1.CC1CNCCN1C. The van der Waals surface area contributed by atoms with E-state index < -0.39 is 0 Å². The third-order valence-electron chi connectivity index (χ3n) is 2.79. The second-order valence-electron chi connectivity index (χ2n) is 4.03. The van der Waals surface area contributed by atoms with Gasteiger partial charge in [0.15, 0.2) is 0 Å². The van der Waals surface area contributed by atoms with Gasteiger partial charge in [-0.05, 0) is 14.0 Å². The predicted octanol–water partition coefficient (Wildman–Crippen LogP) is -0.911. The lowest BCUT2D eigenvalue weighted by atomic mass is 10.2. The summed E-state index contributed by atoms with van der Waals surface area (Å²) >= 11 is 0. The fourth-order valence-corrected chi connectivity index (χ4v) is 1.55. The van der Waals surface area contributed by atoms with Crippen LogP contribution in [0.2, 0.25) is 0 Å². The molecule has 2 aliphatic rings. The second kappa shape index (κ2) is 7.17. The van der Waals surface area contributed by atoms with Gasteiger partial charge in [0.1, 0.15) is 0 Å². The maximum absolute atomic E-state index is 3.32. The van der Waals surface area contributed by atoms with E-state index >= 15 is 0 Å².